The van der Waals surface area contributed by atoms with Crippen molar-refractivity contribution >= 4 is 5.91 Å². The molecule has 0 aromatic carbocycles. The van der Waals surface area contributed by atoms with Crippen LogP contribution in [0.3, 0.4) is 0 Å². The van der Waals surface area contributed by atoms with E-state index in [1.807, 2.05) is 6.20 Å². The molecule has 3 heterocycles. The summed E-state index contributed by atoms with van der Waals surface area (Å²) < 4.78 is 2.28. The van der Waals surface area contributed by atoms with Crippen LogP contribution in [0.2, 0.25) is 0 Å². The van der Waals surface area contributed by atoms with Crippen molar-refractivity contribution in [3.05, 3.63) is 18.2 Å². The Bertz CT molecular complexity index is 667. The van der Waals surface area contributed by atoms with Crippen molar-refractivity contribution in [3.63, 3.8) is 0 Å². The molecule has 6 heteroatoms. The van der Waals surface area contributed by atoms with Crippen molar-refractivity contribution in [2.45, 2.75) is 64.1 Å². The molecule has 1 aliphatic carbocycles. The Balaban J connectivity index is 1.44. The predicted octanol–water partition coefficient (Wildman–Crippen LogP) is 2.37. The molecule has 0 radical (unpaired) electrons. The Labute approximate surface area is 163 Å². The maximum absolute atomic E-state index is 12.6. The molecular weight excluding hydrogens is 338 g/mol. The number of imidazole rings is 1. The van der Waals surface area contributed by atoms with Gasteiger partial charge in [0.25, 0.3) is 0 Å². The van der Waals surface area contributed by atoms with Gasteiger partial charge < -0.3 is 9.47 Å². The van der Waals surface area contributed by atoms with Crippen molar-refractivity contribution < 1.29 is 4.79 Å². The molecule has 0 N–H and O–H groups in total. The predicted molar refractivity (Wildman–Crippen MR) is 106 cm³/mol. The molecule has 2 saturated heterocycles. The minimum atomic E-state index is 0.126. The van der Waals surface area contributed by atoms with Gasteiger partial charge in [-0.3, -0.25) is 14.6 Å². The molecule has 3 fully saturated rings. The maximum atomic E-state index is 12.6. The van der Waals surface area contributed by atoms with Gasteiger partial charge in [-0.05, 0) is 52.5 Å². The summed E-state index contributed by atoms with van der Waals surface area (Å²) >= 11 is 0. The molecule has 1 aromatic heterocycles. The molecule has 150 valence electrons. The summed E-state index contributed by atoms with van der Waals surface area (Å²) in [4.78, 5) is 24.5. The minimum Gasteiger partial charge on any atom is -0.342 e. The van der Waals surface area contributed by atoms with Gasteiger partial charge in [-0.15, -0.1) is 0 Å². The molecule has 1 aromatic rings. The molecule has 0 unspecified atom stereocenters. The summed E-state index contributed by atoms with van der Waals surface area (Å²) in [5.41, 5.74) is 0.126. The first-order valence-electron chi connectivity index (χ1n) is 10.7. The first kappa shape index (κ1) is 18.9. The standard InChI is InChI=1S/C21H35N5O/c1-17(2)26-11-9-22-19(26)15-24-13-12-23(3)21(16-24)7-6-20(27)25(10-8-21)14-18-4-5-18/h9,11,17-18H,4-8,10,12-16H2,1-3H3/t21-/m0/s1. The molecule has 6 nitrogen and oxygen atoms in total. The molecule has 1 atom stereocenters. The second-order valence-corrected chi connectivity index (χ2v) is 9.23. The third kappa shape index (κ3) is 4.06. The van der Waals surface area contributed by atoms with Crippen LogP contribution in [0, 0.1) is 5.92 Å². The van der Waals surface area contributed by atoms with E-state index < -0.39 is 0 Å². The zero-order chi connectivity index (χ0) is 19.0. The summed E-state index contributed by atoms with van der Waals surface area (Å²) in [5, 5.41) is 0. The van der Waals surface area contributed by atoms with Gasteiger partial charge in [0.05, 0.1) is 6.54 Å². The van der Waals surface area contributed by atoms with Gasteiger partial charge in [0, 0.05) is 63.1 Å². The largest absolute Gasteiger partial charge is 0.342 e. The van der Waals surface area contributed by atoms with Gasteiger partial charge in [0.15, 0.2) is 0 Å². The van der Waals surface area contributed by atoms with E-state index in [0.717, 1.165) is 63.9 Å². The van der Waals surface area contributed by atoms with Crippen LogP contribution in [0.1, 0.15) is 57.8 Å². The highest BCUT2D eigenvalue weighted by Crippen LogP contribution is 2.35. The van der Waals surface area contributed by atoms with Crippen molar-refractivity contribution in [3.8, 4) is 0 Å². The van der Waals surface area contributed by atoms with Crippen molar-refractivity contribution in [2.24, 2.45) is 5.92 Å². The third-order valence-corrected chi connectivity index (χ3v) is 6.93. The highest BCUT2D eigenvalue weighted by Gasteiger charge is 2.43. The molecule has 2 aliphatic heterocycles. The number of likely N-dealkylation sites (N-methyl/N-ethyl adjacent to an activating group) is 1. The number of carbonyl (C=O) groups is 1. The Morgan fingerprint density at radius 3 is 2.78 bits per heavy atom. The average molecular weight is 374 g/mol. The van der Waals surface area contributed by atoms with E-state index in [9.17, 15) is 4.79 Å². The smallest absolute Gasteiger partial charge is 0.222 e. The number of hydrogen-bond donors (Lipinski definition) is 0. The molecule has 1 amide bonds. The lowest BCUT2D eigenvalue weighted by molar-refractivity contribution is -0.131. The molecule has 0 bridgehead atoms. The lowest BCUT2D eigenvalue weighted by atomic mass is 9.86. The second kappa shape index (κ2) is 7.55. The zero-order valence-electron chi connectivity index (χ0n) is 17.2. The molecule has 1 saturated carbocycles. The third-order valence-electron chi connectivity index (χ3n) is 6.93. The van der Waals surface area contributed by atoms with Crippen LogP contribution >= 0.6 is 0 Å². The first-order valence-corrected chi connectivity index (χ1v) is 10.7. The van der Waals surface area contributed by atoms with Crippen LogP contribution in [-0.4, -0.2) is 75.5 Å². The number of carbonyl (C=O) groups excluding carboxylic acids is 1. The highest BCUT2D eigenvalue weighted by molar-refractivity contribution is 5.76. The number of piperazine rings is 1. The Hall–Kier alpha value is -1.40. The second-order valence-electron chi connectivity index (χ2n) is 9.23. The molecule has 3 aliphatic rings. The van der Waals surface area contributed by atoms with Gasteiger partial charge >= 0.3 is 0 Å². The Morgan fingerprint density at radius 1 is 1.22 bits per heavy atom. The van der Waals surface area contributed by atoms with Crippen LogP contribution in [-0.2, 0) is 11.3 Å². The number of nitrogens with zero attached hydrogens (tertiary/aromatic N) is 5. The van der Waals surface area contributed by atoms with Crippen LogP contribution in [0.5, 0.6) is 0 Å². The fourth-order valence-electron chi connectivity index (χ4n) is 4.85. The van der Waals surface area contributed by atoms with Crippen molar-refractivity contribution in [1.29, 1.82) is 0 Å². The quantitative estimate of drug-likeness (QED) is 0.795. The summed E-state index contributed by atoms with van der Waals surface area (Å²) in [6.45, 7) is 10.4. The lowest BCUT2D eigenvalue weighted by Crippen LogP contribution is -2.60. The van der Waals surface area contributed by atoms with E-state index in [0.29, 0.717) is 18.4 Å². The Kier molecular flexibility index (Phi) is 5.30. The summed E-state index contributed by atoms with van der Waals surface area (Å²) in [7, 11) is 2.26. The van der Waals surface area contributed by atoms with Crippen molar-refractivity contribution in [1.82, 2.24) is 24.3 Å². The van der Waals surface area contributed by atoms with Crippen LogP contribution in [0.25, 0.3) is 0 Å². The van der Waals surface area contributed by atoms with E-state index in [1.165, 1.54) is 12.8 Å². The number of hydrogen-bond acceptors (Lipinski definition) is 4. The van der Waals surface area contributed by atoms with E-state index in [1.54, 1.807) is 0 Å². The van der Waals surface area contributed by atoms with E-state index in [2.05, 4.69) is 51.3 Å². The summed E-state index contributed by atoms with van der Waals surface area (Å²) in [6, 6.07) is 0.440. The monoisotopic (exact) mass is 373 g/mol. The van der Waals surface area contributed by atoms with Gasteiger partial charge in [0.2, 0.25) is 5.91 Å². The fourth-order valence-corrected chi connectivity index (χ4v) is 4.85. The normalized spacial score (nSPS) is 28.3. The van der Waals surface area contributed by atoms with E-state index >= 15 is 0 Å². The maximum Gasteiger partial charge on any atom is 0.222 e. The fraction of sp³-hybridized carbons (Fsp3) is 0.810. The number of amides is 1. The Morgan fingerprint density at radius 2 is 2.04 bits per heavy atom. The van der Waals surface area contributed by atoms with Crippen LogP contribution in [0.4, 0.5) is 0 Å². The summed E-state index contributed by atoms with van der Waals surface area (Å²) in [6.07, 6.45) is 9.41. The number of likely N-dealkylation sites (tertiary alicyclic amines) is 1. The minimum absolute atomic E-state index is 0.126. The molecule has 27 heavy (non-hydrogen) atoms. The summed E-state index contributed by atoms with van der Waals surface area (Å²) in [5.74, 6) is 2.31. The van der Waals surface area contributed by atoms with Gasteiger partial charge in [-0.2, -0.15) is 0 Å². The highest BCUT2D eigenvalue weighted by atomic mass is 16.2. The average Bonchev–Trinajstić information content (AvgIpc) is 3.37. The molecule has 1 spiro atoms. The van der Waals surface area contributed by atoms with Crippen LogP contribution < -0.4 is 0 Å². The SMILES string of the molecule is CC(C)n1ccnc1CN1CCN(C)[C@]2(CCC(=O)N(CC3CC3)CC2)C1. The molecule has 4 rings (SSSR count). The number of rotatable bonds is 5. The van der Waals surface area contributed by atoms with Crippen LogP contribution in [0.15, 0.2) is 12.4 Å². The first-order chi connectivity index (χ1) is 13.0. The van der Waals surface area contributed by atoms with E-state index in [-0.39, 0.29) is 5.54 Å². The van der Waals surface area contributed by atoms with E-state index in [4.69, 9.17) is 0 Å². The molecular formula is C21H35N5O. The topological polar surface area (TPSA) is 44.6 Å². The lowest BCUT2D eigenvalue weighted by Gasteiger charge is -2.49. The number of aromatic nitrogens is 2. The van der Waals surface area contributed by atoms with Gasteiger partial charge in [0.1, 0.15) is 5.82 Å². The van der Waals surface area contributed by atoms with Gasteiger partial charge in [-0.1, -0.05) is 0 Å². The zero-order valence-corrected chi connectivity index (χ0v) is 17.2. The van der Waals surface area contributed by atoms with Gasteiger partial charge in [-0.25, -0.2) is 4.98 Å². The van der Waals surface area contributed by atoms with Crippen molar-refractivity contribution in [2.75, 3.05) is 39.8 Å².